The van der Waals surface area contributed by atoms with Crippen molar-refractivity contribution in [1.29, 1.82) is 5.26 Å². The fourth-order valence-electron chi connectivity index (χ4n) is 2.25. The van der Waals surface area contributed by atoms with Crippen LogP contribution in [0.3, 0.4) is 0 Å². The third-order valence-corrected chi connectivity index (χ3v) is 3.39. The normalized spacial score (nSPS) is 11.9. The summed E-state index contributed by atoms with van der Waals surface area (Å²) in [5, 5.41) is 12.4. The van der Waals surface area contributed by atoms with Gasteiger partial charge in [0.05, 0.1) is 7.11 Å². The van der Waals surface area contributed by atoms with Crippen molar-refractivity contribution in [3.05, 3.63) is 53.3 Å². The molecule has 0 saturated carbocycles. The molecule has 0 amide bonds. The fourth-order valence-corrected chi connectivity index (χ4v) is 2.25. The van der Waals surface area contributed by atoms with E-state index in [2.05, 4.69) is 24.4 Å². The van der Waals surface area contributed by atoms with Crippen LogP contribution < -0.4 is 10.1 Å². The molecule has 1 aromatic carbocycles. The van der Waals surface area contributed by atoms with E-state index in [9.17, 15) is 0 Å². The maximum Gasteiger partial charge on any atom is 0.123 e. The van der Waals surface area contributed by atoms with Gasteiger partial charge in [0.2, 0.25) is 0 Å². The largest absolute Gasteiger partial charge is 0.496 e. The molecule has 1 aromatic heterocycles. The van der Waals surface area contributed by atoms with Crippen LogP contribution in [0.15, 0.2) is 36.5 Å². The minimum atomic E-state index is 0.178. The van der Waals surface area contributed by atoms with Crippen LogP contribution >= 0.6 is 0 Å². The van der Waals surface area contributed by atoms with Crippen molar-refractivity contribution in [3.63, 3.8) is 0 Å². The number of ether oxygens (including phenoxy) is 1. The quantitative estimate of drug-likeness (QED) is 0.908. The predicted molar refractivity (Wildman–Crippen MR) is 78.4 cm³/mol. The van der Waals surface area contributed by atoms with Crippen LogP contribution in [-0.2, 0) is 13.6 Å². The van der Waals surface area contributed by atoms with Crippen LogP contribution in [0.5, 0.6) is 5.75 Å². The Balaban J connectivity index is 2.05. The molecule has 0 radical (unpaired) electrons. The summed E-state index contributed by atoms with van der Waals surface area (Å²) in [6, 6.07) is 12.2. The summed E-state index contributed by atoms with van der Waals surface area (Å²) in [6.45, 7) is 2.82. The summed E-state index contributed by atoms with van der Waals surface area (Å²) in [4.78, 5) is 0. The molecule has 1 N–H and O–H groups in total. The summed E-state index contributed by atoms with van der Waals surface area (Å²) in [5.41, 5.74) is 2.91. The highest BCUT2D eigenvalue weighted by Crippen LogP contribution is 2.24. The summed E-state index contributed by atoms with van der Waals surface area (Å²) >= 11 is 0. The third kappa shape index (κ3) is 3.01. The molecule has 2 rings (SSSR count). The van der Waals surface area contributed by atoms with Crippen LogP contribution in [0.2, 0.25) is 0 Å². The number of hydrogen-bond acceptors (Lipinski definition) is 3. The van der Waals surface area contributed by atoms with E-state index in [4.69, 9.17) is 10.00 Å². The Kier molecular flexibility index (Phi) is 4.44. The highest BCUT2D eigenvalue weighted by molar-refractivity contribution is 5.35. The average molecular weight is 269 g/mol. The number of hydrogen-bond donors (Lipinski definition) is 1. The summed E-state index contributed by atoms with van der Waals surface area (Å²) < 4.78 is 7.21. The number of methoxy groups -OCH3 is 1. The molecule has 2 aromatic rings. The van der Waals surface area contributed by atoms with Crippen molar-refractivity contribution in [1.82, 2.24) is 9.88 Å². The van der Waals surface area contributed by atoms with E-state index >= 15 is 0 Å². The molecule has 4 heteroatoms. The Bertz CT molecular complexity index is 625. The molecule has 0 saturated heterocycles. The molecule has 1 heterocycles. The Morgan fingerprint density at radius 1 is 1.40 bits per heavy atom. The number of rotatable bonds is 5. The van der Waals surface area contributed by atoms with Crippen LogP contribution in [0.4, 0.5) is 0 Å². The summed E-state index contributed by atoms with van der Waals surface area (Å²) in [7, 11) is 3.56. The first-order valence-electron chi connectivity index (χ1n) is 6.57. The van der Waals surface area contributed by atoms with E-state index < -0.39 is 0 Å². The van der Waals surface area contributed by atoms with E-state index in [1.165, 1.54) is 0 Å². The van der Waals surface area contributed by atoms with E-state index in [0.29, 0.717) is 12.2 Å². The third-order valence-electron chi connectivity index (χ3n) is 3.39. The minimum absolute atomic E-state index is 0.178. The number of nitrogens with one attached hydrogen (secondary N) is 1. The SMILES string of the molecule is COc1ccccc1C(C)NCc1cc(C#N)n(C)c1. The van der Waals surface area contributed by atoms with Crippen LogP contribution in [0, 0.1) is 11.3 Å². The Hall–Kier alpha value is -2.25. The Morgan fingerprint density at radius 2 is 2.15 bits per heavy atom. The van der Waals surface area contributed by atoms with Crippen LogP contribution in [-0.4, -0.2) is 11.7 Å². The number of nitrogens with zero attached hydrogens (tertiary/aromatic N) is 2. The van der Waals surface area contributed by atoms with Gasteiger partial charge in [-0.3, -0.25) is 0 Å². The van der Waals surface area contributed by atoms with Crippen molar-refractivity contribution >= 4 is 0 Å². The van der Waals surface area contributed by atoms with Gasteiger partial charge in [-0.15, -0.1) is 0 Å². The lowest BCUT2D eigenvalue weighted by molar-refractivity contribution is 0.401. The lowest BCUT2D eigenvalue weighted by Crippen LogP contribution is -2.18. The first-order valence-corrected chi connectivity index (χ1v) is 6.57. The fraction of sp³-hybridized carbons (Fsp3) is 0.312. The zero-order valence-electron chi connectivity index (χ0n) is 12.1. The maximum atomic E-state index is 8.95. The first kappa shape index (κ1) is 14.2. The van der Waals surface area contributed by atoms with Crippen LogP contribution in [0.25, 0.3) is 0 Å². The van der Waals surface area contributed by atoms with Crippen molar-refractivity contribution in [2.45, 2.75) is 19.5 Å². The van der Waals surface area contributed by atoms with E-state index in [1.54, 1.807) is 7.11 Å². The monoisotopic (exact) mass is 269 g/mol. The lowest BCUT2D eigenvalue weighted by Gasteiger charge is -2.16. The van der Waals surface area contributed by atoms with Gasteiger partial charge in [0, 0.05) is 31.4 Å². The number of aryl methyl sites for hydroxylation is 1. The number of nitriles is 1. The summed E-state index contributed by atoms with van der Waals surface area (Å²) in [6.07, 6.45) is 1.97. The Labute approximate surface area is 119 Å². The predicted octanol–water partition coefficient (Wildman–Crippen LogP) is 2.76. The van der Waals surface area contributed by atoms with Crippen LogP contribution in [0.1, 0.15) is 29.8 Å². The highest BCUT2D eigenvalue weighted by Gasteiger charge is 2.11. The second kappa shape index (κ2) is 6.27. The van der Waals surface area contributed by atoms with E-state index in [-0.39, 0.29) is 6.04 Å². The van der Waals surface area contributed by atoms with E-state index in [1.807, 2.05) is 42.1 Å². The maximum absolute atomic E-state index is 8.95. The molecule has 0 aliphatic carbocycles. The van der Waals surface area contributed by atoms with E-state index in [0.717, 1.165) is 16.9 Å². The molecule has 0 aliphatic rings. The van der Waals surface area contributed by atoms with Gasteiger partial charge in [-0.05, 0) is 24.6 Å². The lowest BCUT2D eigenvalue weighted by atomic mass is 10.1. The molecule has 1 atom stereocenters. The smallest absolute Gasteiger partial charge is 0.123 e. The van der Waals surface area contributed by atoms with Crippen molar-refractivity contribution in [3.8, 4) is 11.8 Å². The average Bonchev–Trinajstić information content (AvgIpc) is 2.85. The second-order valence-corrected chi connectivity index (χ2v) is 4.80. The van der Waals surface area contributed by atoms with Gasteiger partial charge in [-0.1, -0.05) is 18.2 Å². The van der Waals surface area contributed by atoms with Gasteiger partial charge < -0.3 is 14.6 Å². The van der Waals surface area contributed by atoms with Gasteiger partial charge in [-0.2, -0.15) is 5.26 Å². The molecule has 0 spiro atoms. The zero-order valence-corrected chi connectivity index (χ0v) is 12.1. The van der Waals surface area contributed by atoms with Gasteiger partial charge in [0.1, 0.15) is 17.5 Å². The topological polar surface area (TPSA) is 50.0 Å². The first-order chi connectivity index (χ1) is 9.65. The molecule has 1 unspecified atom stereocenters. The number of benzene rings is 1. The molecule has 20 heavy (non-hydrogen) atoms. The Morgan fingerprint density at radius 3 is 2.80 bits per heavy atom. The number of aromatic nitrogens is 1. The van der Waals surface area contributed by atoms with Gasteiger partial charge in [-0.25, -0.2) is 0 Å². The van der Waals surface area contributed by atoms with Crippen molar-refractivity contribution in [2.24, 2.45) is 7.05 Å². The highest BCUT2D eigenvalue weighted by atomic mass is 16.5. The molecule has 0 fully saturated rings. The summed E-state index contributed by atoms with van der Waals surface area (Å²) in [5.74, 6) is 0.887. The van der Waals surface area contributed by atoms with Crippen molar-refractivity contribution < 1.29 is 4.74 Å². The molecule has 104 valence electrons. The molecular formula is C16H19N3O. The molecule has 0 bridgehead atoms. The molecule has 4 nitrogen and oxygen atoms in total. The van der Waals surface area contributed by atoms with Gasteiger partial charge in [0.15, 0.2) is 0 Å². The molecule has 0 aliphatic heterocycles. The second-order valence-electron chi connectivity index (χ2n) is 4.80. The zero-order chi connectivity index (χ0) is 14.5. The van der Waals surface area contributed by atoms with Crippen molar-refractivity contribution in [2.75, 3.05) is 7.11 Å². The number of para-hydroxylation sites is 1. The van der Waals surface area contributed by atoms with Gasteiger partial charge in [0.25, 0.3) is 0 Å². The minimum Gasteiger partial charge on any atom is -0.496 e. The van der Waals surface area contributed by atoms with Gasteiger partial charge >= 0.3 is 0 Å². The standard InChI is InChI=1S/C16H19N3O/c1-12(15-6-4-5-7-16(15)20-3)18-10-13-8-14(9-17)19(2)11-13/h4-8,11-12,18H,10H2,1-3H3. The molecular weight excluding hydrogens is 250 g/mol.